The van der Waals surface area contributed by atoms with Gasteiger partial charge in [-0.15, -0.1) is 0 Å². The molecular formula is C25H31N3O3. The molecular weight excluding hydrogens is 390 g/mol. The summed E-state index contributed by atoms with van der Waals surface area (Å²) in [6.07, 6.45) is 0. The average molecular weight is 422 g/mol. The molecule has 0 aromatic heterocycles. The van der Waals surface area contributed by atoms with Crippen LogP contribution in [0, 0.1) is 0 Å². The fourth-order valence-corrected chi connectivity index (χ4v) is 4.36. The highest BCUT2D eigenvalue weighted by molar-refractivity contribution is 6.36. The van der Waals surface area contributed by atoms with Crippen LogP contribution in [0.3, 0.4) is 0 Å². The number of nitrogens with one attached hydrogen (secondary N) is 1. The summed E-state index contributed by atoms with van der Waals surface area (Å²) in [6, 6.07) is 14.1. The second-order valence-electron chi connectivity index (χ2n) is 8.01. The number of hydrogen-bond donors (Lipinski definition) is 2. The molecule has 2 aliphatic heterocycles. The number of ether oxygens (including phenoxy) is 1. The number of fused-ring (bicyclic) bond motifs is 2. The number of carbonyl (C=O) groups is 1. The third kappa shape index (κ3) is 4.51. The largest absolute Gasteiger partial charge is 0.487 e. The second-order valence-corrected chi connectivity index (χ2v) is 8.01. The van der Waals surface area contributed by atoms with Gasteiger partial charge in [-0.2, -0.15) is 0 Å². The van der Waals surface area contributed by atoms with Crippen LogP contribution in [0.15, 0.2) is 42.5 Å². The Morgan fingerprint density at radius 2 is 1.77 bits per heavy atom. The molecule has 1 amide bonds. The van der Waals surface area contributed by atoms with Crippen molar-refractivity contribution in [2.24, 2.45) is 0 Å². The zero-order valence-electron chi connectivity index (χ0n) is 18.4. The van der Waals surface area contributed by atoms with Crippen molar-refractivity contribution in [1.29, 1.82) is 0 Å². The van der Waals surface area contributed by atoms with Gasteiger partial charge >= 0.3 is 0 Å². The Morgan fingerprint density at radius 3 is 2.55 bits per heavy atom. The number of amides is 1. The van der Waals surface area contributed by atoms with Crippen molar-refractivity contribution in [2.45, 2.75) is 27.0 Å². The number of hydrogen-bond acceptors (Lipinski definition) is 5. The Kier molecular flexibility index (Phi) is 6.70. The number of para-hydroxylation sites is 1. The maximum absolute atomic E-state index is 12.6. The molecule has 6 heteroatoms. The van der Waals surface area contributed by atoms with Crippen molar-refractivity contribution in [3.8, 4) is 0 Å². The summed E-state index contributed by atoms with van der Waals surface area (Å²) < 4.78 is 6.01. The SMILES string of the molecule is CCN(CC)CCN(CCO)Cc1ccc2c(c1)CO/C2=C1/C(=O)Nc2ccccc21. The van der Waals surface area contributed by atoms with E-state index in [0.717, 1.165) is 55.1 Å². The molecule has 164 valence electrons. The molecule has 2 N–H and O–H groups in total. The van der Waals surface area contributed by atoms with Crippen LogP contribution >= 0.6 is 0 Å². The molecule has 31 heavy (non-hydrogen) atoms. The normalized spacial score (nSPS) is 17.1. The van der Waals surface area contributed by atoms with Gasteiger partial charge in [-0.3, -0.25) is 9.69 Å². The zero-order chi connectivity index (χ0) is 21.8. The molecule has 2 aromatic carbocycles. The van der Waals surface area contributed by atoms with Gasteiger partial charge in [-0.05, 0) is 24.7 Å². The van der Waals surface area contributed by atoms with E-state index in [1.807, 2.05) is 24.3 Å². The minimum Gasteiger partial charge on any atom is -0.487 e. The third-order valence-electron chi connectivity index (χ3n) is 6.13. The molecule has 0 aliphatic carbocycles. The summed E-state index contributed by atoms with van der Waals surface area (Å²) in [5.74, 6) is 0.552. The van der Waals surface area contributed by atoms with E-state index in [1.165, 1.54) is 5.56 Å². The van der Waals surface area contributed by atoms with Crippen molar-refractivity contribution in [3.05, 3.63) is 64.7 Å². The number of carbonyl (C=O) groups excluding carboxylic acids is 1. The Labute approximate surface area is 184 Å². The highest BCUT2D eigenvalue weighted by Crippen LogP contribution is 2.41. The molecule has 0 saturated heterocycles. The van der Waals surface area contributed by atoms with Gasteiger partial charge in [0, 0.05) is 48.6 Å². The molecule has 0 atom stereocenters. The van der Waals surface area contributed by atoms with Crippen molar-refractivity contribution in [2.75, 3.05) is 44.6 Å². The highest BCUT2D eigenvalue weighted by atomic mass is 16.5. The number of benzene rings is 2. The smallest absolute Gasteiger partial charge is 0.260 e. The Bertz CT molecular complexity index is 982. The van der Waals surface area contributed by atoms with Crippen LogP contribution in [0.4, 0.5) is 5.69 Å². The molecule has 2 aliphatic rings. The first kappa shape index (κ1) is 21.6. The number of aliphatic hydroxyl groups is 1. The summed E-state index contributed by atoms with van der Waals surface area (Å²) in [4.78, 5) is 17.3. The molecule has 0 saturated carbocycles. The van der Waals surface area contributed by atoms with Crippen LogP contribution in [0.5, 0.6) is 0 Å². The molecule has 0 radical (unpaired) electrons. The molecule has 0 fully saturated rings. The van der Waals surface area contributed by atoms with E-state index in [0.29, 0.717) is 24.5 Å². The van der Waals surface area contributed by atoms with Crippen molar-refractivity contribution in [3.63, 3.8) is 0 Å². The standard InChI is InChI=1S/C25H31N3O3/c1-3-27(4-2)11-12-28(13-14-29)16-18-9-10-20-19(15-18)17-31-24(20)23-21-7-5-6-8-22(21)26-25(23)30/h5-10,15,29H,3-4,11-14,16-17H2,1-2H3,(H,26,30)/b24-23+. The van der Waals surface area contributed by atoms with Gasteiger partial charge in [0.15, 0.2) is 0 Å². The van der Waals surface area contributed by atoms with Crippen molar-refractivity contribution < 1.29 is 14.6 Å². The maximum Gasteiger partial charge on any atom is 0.260 e. The van der Waals surface area contributed by atoms with Gasteiger partial charge in [0.05, 0.1) is 12.2 Å². The lowest BCUT2D eigenvalue weighted by atomic mass is 9.99. The van der Waals surface area contributed by atoms with Gasteiger partial charge in [0.25, 0.3) is 5.91 Å². The summed E-state index contributed by atoms with van der Waals surface area (Å²) in [6.45, 7) is 10.4. The quantitative estimate of drug-likeness (QED) is 0.609. The fraction of sp³-hybridized carbons (Fsp3) is 0.400. The number of nitrogens with zero attached hydrogens (tertiary/aromatic N) is 2. The number of rotatable bonds is 9. The predicted molar refractivity (Wildman–Crippen MR) is 123 cm³/mol. The summed E-state index contributed by atoms with van der Waals surface area (Å²) in [7, 11) is 0. The van der Waals surface area contributed by atoms with Crippen LogP contribution in [-0.2, 0) is 22.7 Å². The van der Waals surface area contributed by atoms with Gasteiger partial charge in [0.1, 0.15) is 12.4 Å². The van der Waals surface area contributed by atoms with E-state index in [2.05, 4.69) is 47.2 Å². The lowest BCUT2D eigenvalue weighted by molar-refractivity contribution is -0.110. The average Bonchev–Trinajstić information content (AvgIpc) is 3.33. The molecule has 0 bridgehead atoms. The first-order valence-electron chi connectivity index (χ1n) is 11.1. The van der Waals surface area contributed by atoms with Gasteiger partial charge in [0.2, 0.25) is 0 Å². The van der Waals surface area contributed by atoms with Crippen LogP contribution in [0.25, 0.3) is 11.3 Å². The van der Waals surface area contributed by atoms with Crippen molar-refractivity contribution in [1.82, 2.24) is 9.80 Å². The Morgan fingerprint density at radius 1 is 1.00 bits per heavy atom. The lowest BCUT2D eigenvalue weighted by Crippen LogP contribution is -2.36. The third-order valence-corrected chi connectivity index (χ3v) is 6.13. The van der Waals surface area contributed by atoms with Crippen LogP contribution in [-0.4, -0.2) is 60.1 Å². The summed E-state index contributed by atoms with van der Waals surface area (Å²) in [5.41, 5.74) is 5.62. The molecule has 0 spiro atoms. The van der Waals surface area contributed by atoms with Crippen LogP contribution < -0.4 is 5.32 Å². The van der Waals surface area contributed by atoms with E-state index in [1.54, 1.807) is 0 Å². The minimum atomic E-state index is -0.112. The topological polar surface area (TPSA) is 65.0 Å². The molecule has 2 heterocycles. The van der Waals surface area contributed by atoms with E-state index >= 15 is 0 Å². The van der Waals surface area contributed by atoms with Gasteiger partial charge in [-0.25, -0.2) is 0 Å². The number of aliphatic hydroxyl groups excluding tert-OH is 1. The molecule has 4 rings (SSSR count). The second kappa shape index (κ2) is 9.64. The summed E-state index contributed by atoms with van der Waals surface area (Å²) >= 11 is 0. The molecule has 6 nitrogen and oxygen atoms in total. The van der Waals surface area contributed by atoms with Crippen LogP contribution in [0.1, 0.15) is 36.1 Å². The first-order chi connectivity index (χ1) is 15.1. The monoisotopic (exact) mass is 421 g/mol. The summed E-state index contributed by atoms with van der Waals surface area (Å²) in [5, 5.41) is 12.4. The lowest BCUT2D eigenvalue weighted by Gasteiger charge is -2.26. The minimum absolute atomic E-state index is 0.112. The van der Waals surface area contributed by atoms with E-state index in [9.17, 15) is 9.90 Å². The Balaban J connectivity index is 1.54. The first-order valence-corrected chi connectivity index (χ1v) is 11.1. The molecule has 0 unspecified atom stereocenters. The van der Waals surface area contributed by atoms with Crippen molar-refractivity contribution >= 4 is 22.9 Å². The van der Waals surface area contributed by atoms with E-state index in [-0.39, 0.29) is 12.5 Å². The predicted octanol–water partition coefficient (Wildman–Crippen LogP) is 3.17. The maximum atomic E-state index is 12.6. The number of anilines is 1. The zero-order valence-corrected chi connectivity index (χ0v) is 18.4. The van der Waals surface area contributed by atoms with Gasteiger partial charge in [-0.1, -0.05) is 50.2 Å². The van der Waals surface area contributed by atoms with Gasteiger partial charge < -0.3 is 20.1 Å². The highest BCUT2D eigenvalue weighted by Gasteiger charge is 2.32. The van der Waals surface area contributed by atoms with E-state index < -0.39 is 0 Å². The fourth-order valence-electron chi connectivity index (χ4n) is 4.36. The number of likely N-dealkylation sites (N-methyl/N-ethyl adjacent to an activating group) is 1. The Hall–Kier alpha value is -2.67. The van der Waals surface area contributed by atoms with E-state index in [4.69, 9.17) is 4.74 Å². The van der Waals surface area contributed by atoms with Crippen LogP contribution in [0.2, 0.25) is 0 Å². The molecule has 2 aromatic rings.